The van der Waals surface area contributed by atoms with E-state index in [9.17, 15) is 19.5 Å². The van der Waals surface area contributed by atoms with Gasteiger partial charge in [-0.15, -0.1) is 0 Å². The second-order valence-electron chi connectivity index (χ2n) is 13.8. The van der Waals surface area contributed by atoms with Gasteiger partial charge in [0, 0.05) is 17.3 Å². The van der Waals surface area contributed by atoms with Gasteiger partial charge in [0.1, 0.15) is 12.1 Å². The molecule has 5 aliphatic carbocycles. The third-order valence-corrected chi connectivity index (χ3v) is 12.2. The summed E-state index contributed by atoms with van der Waals surface area (Å²) < 4.78 is 0. The van der Waals surface area contributed by atoms with Gasteiger partial charge >= 0.3 is 5.97 Å². The Bertz CT molecular complexity index is 932. The smallest absolute Gasteiger partial charge is 0.309 e. The molecule has 182 valence electrons. The summed E-state index contributed by atoms with van der Waals surface area (Å²) in [6, 6.07) is 0. The van der Waals surface area contributed by atoms with E-state index in [1.807, 2.05) is 6.92 Å². The molecule has 0 radical (unpaired) electrons. The second kappa shape index (κ2) is 7.04. The SMILES string of the molecule is CC1(C(=O)O)CCC2(C=O)CC=C3C4CCC5C(C)(C)C(=O)CCC5(C)C4CCC3C2(C)C1. The zero-order chi connectivity index (χ0) is 24.0. The van der Waals surface area contributed by atoms with Crippen LogP contribution in [0, 0.1) is 50.7 Å². The van der Waals surface area contributed by atoms with Crippen molar-refractivity contribution in [2.45, 2.75) is 98.8 Å². The van der Waals surface area contributed by atoms with E-state index < -0.39 is 16.8 Å². The highest BCUT2D eigenvalue weighted by atomic mass is 16.4. The number of aldehydes is 1. The van der Waals surface area contributed by atoms with Crippen LogP contribution in [-0.4, -0.2) is 23.1 Å². The van der Waals surface area contributed by atoms with Gasteiger partial charge in [-0.25, -0.2) is 0 Å². The minimum absolute atomic E-state index is 0.189. The number of hydrogen-bond donors (Lipinski definition) is 1. The lowest BCUT2D eigenvalue weighted by Crippen LogP contribution is -2.60. The molecular weight excluding hydrogens is 412 g/mol. The first-order valence-corrected chi connectivity index (χ1v) is 13.3. The van der Waals surface area contributed by atoms with Crippen molar-refractivity contribution in [2.24, 2.45) is 50.7 Å². The summed E-state index contributed by atoms with van der Waals surface area (Å²) >= 11 is 0. The van der Waals surface area contributed by atoms with Crippen LogP contribution in [0.2, 0.25) is 0 Å². The molecule has 33 heavy (non-hydrogen) atoms. The van der Waals surface area contributed by atoms with Crippen LogP contribution in [0.4, 0.5) is 0 Å². The summed E-state index contributed by atoms with van der Waals surface area (Å²) in [6.45, 7) is 11.0. The molecule has 8 atom stereocenters. The number of carbonyl (C=O) groups is 3. The predicted octanol–water partition coefficient (Wildman–Crippen LogP) is 6.23. The molecule has 0 heterocycles. The highest BCUT2D eigenvalue weighted by Crippen LogP contribution is 2.71. The molecule has 0 aromatic rings. The summed E-state index contributed by atoms with van der Waals surface area (Å²) in [5.41, 5.74) is 0.0149. The van der Waals surface area contributed by atoms with Gasteiger partial charge in [0.2, 0.25) is 0 Å². The van der Waals surface area contributed by atoms with E-state index in [2.05, 4.69) is 33.8 Å². The molecule has 5 rings (SSSR count). The fraction of sp³-hybridized carbons (Fsp3) is 0.828. The Balaban J connectivity index is 1.52. The Kier molecular flexibility index (Phi) is 4.97. The Morgan fingerprint density at radius 3 is 2.42 bits per heavy atom. The minimum atomic E-state index is -0.752. The molecule has 4 heteroatoms. The lowest BCUT2D eigenvalue weighted by atomic mass is 9.38. The van der Waals surface area contributed by atoms with Crippen LogP contribution >= 0.6 is 0 Å². The Morgan fingerprint density at radius 1 is 1.03 bits per heavy atom. The molecule has 0 aromatic heterocycles. The zero-order valence-corrected chi connectivity index (χ0v) is 21.2. The fourth-order valence-corrected chi connectivity index (χ4v) is 10.1. The number of rotatable bonds is 2. The van der Waals surface area contributed by atoms with Crippen LogP contribution < -0.4 is 0 Å². The van der Waals surface area contributed by atoms with Crippen LogP contribution in [0.5, 0.6) is 0 Å². The zero-order valence-electron chi connectivity index (χ0n) is 21.2. The summed E-state index contributed by atoms with van der Waals surface area (Å²) in [5, 5.41) is 10.0. The maximum atomic E-state index is 12.8. The highest BCUT2D eigenvalue weighted by Gasteiger charge is 2.65. The number of ketones is 1. The molecule has 8 unspecified atom stereocenters. The Labute approximate surface area is 199 Å². The molecule has 1 N–H and O–H groups in total. The van der Waals surface area contributed by atoms with E-state index in [0.29, 0.717) is 55.1 Å². The number of carboxylic acid groups (broad SMARTS) is 1. The Hall–Kier alpha value is -1.45. The fourth-order valence-electron chi connectivity index (χ4n) is 10.1. The van der Waals surface area contributed by atoms with Gasteiger partial charge in [0.25, 0.3) is 0 Å². The van der Waals surface area contributed by atoms with Crippen molar-refractivity contribution in [1.82, 2.24) is 0 Å². The lowest BCUT2D eigenvalue weighted by molar-refractivity contribution is -0.170. The quantitative estimate of drug-likeness (QED) is 0.396. The van der Waals surface area contributed by atoms with E-state index in [4.69, 9.17) is 0 Å². The minimum Gasteiger partial charge on any atom is -0.481 e. The molecule has 0 bridgehead atoms. The maximum absolute atomic E-state index is 12.8. The largest absolute Gasteiger partial charge is 0.481 e. The van der Waals surface area contributed by atoms with E-state index >= 15 is 0 Å². The Morgan fingerprint density at radius 2 is 1.76 bits per heavy atom. The number of carbonyl (C=O) groups excluding carboxylic acids is 2. The number of aliphatic carboxylic acids is 1. The third-order valence-electron chi connectivity index (χ3n) is 12.2. The first-order valence-electron chi connectivity index (χ1n) is 13.3. The first-order chi connectivity index (χ1) is 15.3. The summed E-state index contributed by atoms with van der Waals surface area (Å²) in [4.78, 5) is 37.6. The number of hydrogen-bond acceptors (Lipinski definition) is 3. The van der Waals surface area contributed by atoms with E-state index in [1.165, 1.54) is 11.9 Å². The lowest BCUT2D eigenvalue weighted by Gasteiger charge is -2.65. The average Bonchev–Trinajstić information content (AvgIpc) is 2.76. The molecule has 4 saturated carbocycles. The number of allylic oxidation sites excluding steroid dienone is 2. The molecule has 5 aliphatic rings. The van der Waals surface area contributed by atoms with E-state index in [1.54, 1.807) is 0 Å². The molecular formula is C29H42O4. The maximum Gasteiger partial charge on any atom is 0.309 e. The summed E-state index contributed by atoms with van der Waals surface area (Å²) in [5.74, 6) is 1.59. The highest BCUT2D eigenvalue weighted by molar-refractivity contribution is 5.85. The van der Waals surface area contributed by atoms with Crippen molar-refractivity contribution in [3.63, 3.8) is 0 Å². The van der Waals surface area contributed by atoms with Crippen LogP contribution in [0.3, 0.4) is 0 Å². The third kappa shape index (κ3) is 2.85. The van der Waals surface area contributed by atoms with Crippen LogP contribution in [0.1, 0.15) is 98.8 Å². The van der Waals surface area contributed by atoms with Gasteiger partial charge < -0.3 is 9.90 Å². The molecule has 4 nitrogen and oxygen atoms in total. The van der Waals surface area contributed by atoms with Gasteiger partial charge in [-0.3, -0.25) is 9.59 Å². The molecule has 0 aromatic carbocycles. The normalized spacial score (nSPS) is 50.7. The van der Waals surface area contributed by atoms with Crippen molar-refractivity contribution in [3.05, 3.63) is 11.6 Å². The van der Waals surface area contributed by atoms with Gasteiger partial charge in [-0.1, -0.05) is 39.3 Å². The molecule has 0 spiro atoms. The summed E-state index contributed by atoms with van der Waals surface area (Å²) in [7, 11) is 0. The van der Waals surface area contributed by atoms with Crippen molar-refractivity contribution in [3.8, 4) is 0 Å². The standard InChI is InChI=1S/C29H42O4/c1-25(2)22-9-6-18-19-10-13-29(17-30)15-14-26(3,24(32)33)16-28(29,5)21(19)8-7-20(18)27(22,4)12-11-23(25)31/h10,17-18,20-22H,6-9,11-16H2,1-5H3,(H,32,33). The van der Waals surface area contributed by atoms with Crippen molar-refractivity contribution >= 4 is 18.0 Å². The van der Waals surface area contributed by atoms with Gasteiger partial charge in [-0.05, 0) is 99.2 Å². The molecule has 0 aliphatic heterocycles. The number of carboxylic acids is 1. The molecule has 0 saturated heterocycles. The van der Waals surface area contributed by atoms with Gasteiger partial charge in [-0.2, -0.15) is 0 Å². The van der Waals surface area contributed by atoms with E-state index in [-0.39, 0.29) is 16.2 Å². The van der Waals surface area contributed by atoms with Crippen molar-refractivity contribution in [1.29, 1.82) is 0 Å². The topological polar surface area (TPSA) is 71.4 Å². The van der Waals surface area contributed by atoms with Gasteiger partial charge in [0.15, 0.2) is 0 Å². The van der Waals surface area contributed by atoms with Gasteiger partial charge in [0.05, 0.1) is 5.41 Å². The van der Waals surface area contributed by atoms with Crippen molar-refractivity contribution in [2.75, 3.05) is 0 Å². The molecule has 0 amide bonds. The summed E-state index contributed by atoms with van der Waals surface area (Å²) in [6.07, 6.45) is 12.4. The van der Waals surface area contributed by atoms with Crippen LogP contribution in [0.15, 0.2) is 11.6 Å². The van der Waals surface area contributed by atoms with E-state index in [0.717, 1.165) is 38.5 Å². The predicted molar refractivity (Wildman–Crippen MR) is 127 cm³/mol. The first kappa shape index (κ1) is 23.3. The second-order valence-corrected chi connectivity index (χ2v) is 13.8. The number of fused-ring (bicyclic) bond motifs is 7. The molecule has 4 fully saturated rings. The van der Waals surface area contributed by atoms with Crippen LogP contribution in [-0.2, 0) is 14.4 Å². The monoisotopic (exact) mass is 454 g/mol. The van der Waals surface area contributed by atoms with Crippen LogP contribution in [0.25, 0.3) is 0 Å². The average molecular weight is 455 g/mol. The van der Waals surface area contributed by atoms with Crippen molar-refractivity contribution < 1.29 is 19.5 Å². The number of Topliss-reactive ketones (excluding diaryl/α,β-unsaturated/α-hetero) is 1.